The highest BCUT2D eigenvalue weighted by atomic mass is 15.3. The van der Waals surface area contributed by atoms with E-state index in [4.69, 9.17) is 0 Å². The number of guanidine groups is 1. The van der Waals surface area contributed by atoms with Gasteiger partial charge in [0.25, 0.3) is 0 Å². The average Bonchev–Trinajstić information content (AvgIpc) is 2.63. The molecule has 1 fully saturated rings. The number of unbranched alkanes of at least 4 members (excludes halogenated alkanes) is 1. The van der Waals surface area contributed by atoms with Gasteiger partial charge in [-0.25, -0.2) is 0 Å². The quantitative estimate of drug-likeness (QED) is 0.433. The Morgan fingerprint density at radius 2 is 1.67 bits per heavy atom. The third kappa shape index (κ3) is 6.89. The molecule has 0 bridgehead atoms. The van der Waals surface area contributed by atoms with Crippen molar-refractivity contribution in [3.8, 4) is 0 Å². The summed E-state index contributed by atoms with van der Waals surface area (Å²) in [5.41, 5.74) is 1.41. The summed E-state index contributed by atoms with van der Waals surface area (Å²) in [5, 5.41) is 6.76. The van der Waals surface area contributed by atoms with E-state index in [2.05, 4.69) is 62.7 Å². The van der Waals surface area contributed by atoms with Crippen LogP contribution in [0.1, 0.15) is 25.3 Å². The van der Waals surface area contributed by atoms with Gasteiger partial charge < -0.3 is 10.6 Å². The van der Waals surface area contributed by atoms with E-state index in [1.54, 1.807) is 0 Å². The first-order valence-electron chi connectivity index (χ1n) is 9.25. The van der Waals surface area contributed by atoms with Crippen molar-refractivity contribution < 1.29 is 0 Å². The molecule has 0 amide bonds. The molecular weight excluding hydrogens is 298 g/mol. The maximum absolute atomic E-state index is 4.27. The van der Waals surface area contributed by atoms with Gasteiger partial charge in [0.2, 0.25) is 0 Å². The zero-order valence-electron chi connectivity index (χ0n) is 15.3. The Labute approximate surface area is 147 Å². The van der Waals surface area contributed by atoms with Gasteiger partial charge in [-0.05, 0) is 12.0 Å². The predicted octanol–water partition coefficient (Wildman–Crippen LogP) is 1.77. The number of nitrogens with one attached hydrogen (secondary N) is 2. The molecule has 1 heterocycles. The van der Waals surface area contributed by atoms with Gasteiger partial charge in [0.15, 0.2) is 5.96 Å². The lowest BCUT2D eigenvalue weighted by Crippen LogP contribution is -2.49. The fourth-order valence-electron chi connectivity index (χ4n) is 2.95. The molecular formula is C19H33N5. The van der Waals surface area contributed by atoms with E-state index < -0.39 is 0 Å². The molecule has 1 aliphatic rings. The summed E-state index contributed by atoms with van der Waals surface area (Å²) in [4.78, 5) is 9.35. The summed E-state index contributed by atoms with van der Waals surface area (Å²) >= 11 is 0. The number of rotatable bonds is 8. The van der Waals surface area contributed by atoms with Crippen molar-refractivity contribution in [2.24, 2.45) is 4.99 Å². The molecule has 0 aromatic heterocycles. The van der Waals surface area contributed by atoms with E-state index in [0.29, 0.717) is 0 Å². The van der Waals surface area contributed by atoms with Gasteiger partial charge in [-0.2, -0.15) is 0 Å². The monoisotopic (exact) mass is 331 g/mol. The molecule has 1 aliphatic heterocycles. The first-order valence-corrected chi connectivity index (χ1v) is 9.25. The first-order chi connectivity index (χ1) is 11.8. The molecule has 0 atom stereocenters. The lowest BCUT2D eigenvalue weighted by molar-refractivity contribution is 0.129. The lowest BCUT2D eigenvalue weighted by Gasteiger charge is -2.34. The summed E-state index contributed by atoms with van der Waals surface area (Å²) < 4.78 is 0. The van der Waals surface area contributed by atoms with Gasteiger partial charge in [-0.15, -0.1) is 0 Å². The second-order valence-electron chi connectivity index (χ2n) is 6.38. The summed E-state index contributed by atoms with van der Waals surface area (Å²) in [6.07, 6.45) is 2.39. The van der Waals surface area contributed by atoms with Crippen LogP contribution in [-0.4, -0.2) is 68.6 Å². The van der Waals surface area contributed by atoms with Crippen LogP contribution in [0, 0.1) is 0 Å². The van der Waals surface area contributed by atoms with E-state index in [9.17, 15) is 0 Å². The highest BCUT2D eigenvalue weighted by molar-refractivity contribution is 5.79. The number of aliphatic imine (C=N–C) groups is 1. The fourth-order valence-corrected chi connectivity index (χ4v) is 2.95. The molecule has 0 spiro atoms. The molecule has 24 heavy (non-hydrogen) atoms. The van der Waals surface area contributed by atoms with E-state index in [-0.39, 0.29) is 0 Å². The van der Waals surface area contributed by atoms with E-state index in [1.807, 2.05) is 7.05 Å². The van der Waals surface area contributed by atoms with Crippen LogP contribution in [0.3, 0.4) is 0 Å². The van der Waals surface area contributed by atoms with Crippen LogP contribution in [0.4, 0.5) is 0 Å². The van der Waals surface area contributed by atoms with Crippen LogP contribution >= 0.6 is 0 Å². The highest BCUT2D eigenvalue weighted by Crippen LogP contribution is 2.07. The Morgan fingerprint density at radius 1 is 1.00 bits per heavy atom. The number of hydrogen-bond acceptors (Lipinski definition) is 3. The minimum atomic E-state index is 0.922. The molecule has 0 saturated carbocycles. The molecule has 1 aromatic carbocycles. The van der Waals surface area contributed by atoms with E-state index in [0.717, 1.165) is 58.3 Å². The van der Waals surface area contributed by atoms with Crippen LogP contribution in [-0.2, 0) is 6.54 Å². The smallest absolute Gasteiger partial charge is 0.191 e. The van der Waals surface area contributed by atoms with Crippen LogP contribution in [0.25, 0.3) is 0 Å². The zero-order valence-corrected chi connectivity index (χ0v) is 15.3. The largest absolute Gasteiger partial charge is 0.356 e. The maximum atomic E-state index is 4.27. The van der Waals surface area contributed by atoms with Crippen molar-refractivity contribution in [1.82, 2.24) is 20.4 Å². The van der Waals surface area contributed by atoms with Gasteiger partial charge in [-0.3, -0.25) is 14.8 Å². The summed E-state index contributed by atoms with van der Waals surface area (Å²) in [6, 6.07) is 10.8. The molecule has 5 nitrogen and oxygen atoms in total. The fraction of sp³-hybridized carbons (Fsp3) is 0.632. The Kier molecular flexibility index (Phi) is 8.63. The molecule has 2 rings (SSSR count). The topological polar surface area (TPSA) is 42.9 Å². The third-order valence-corrected chi connectivity index (χ3v) is 4.48. The van der Waals surface area contributed by atoms with Crippen molar-refractivity contribution in [2.45, 2.75) is 26.3 Å². The van der Waals surface area contributed by atoms with Gasteiger partial charge in [0.1, 0.15) is 0 Å². The van der Waals surface area contributed by atoms with Gasteiger partial charge in [0.05, 0.1) is 0 Å². The predicted molar refractivity (Wildman–Crippen MR) is 102 cm³/mol. The average molecular weight is 332 g/mol. The Morgan fingerprint density at radius 3 is 2.33 bits per heavy atom. The second-order valence-corrected chi connectivity index (χ2v) is 6.38. The third-order valence-electron chi connectivity index (χ3n) is 4.48. The van der Waals surface area contributed by atoms with Crippen molar-refractivity contribution in [2.75, 3.05) is 52.9 Å². The molecule has 1 saturated heterocycles. The van der Waals surface area contributed by atoms with Gasteiger partial charge >= 0.3 is 0 Å². The van der Waals surface area contributed by atoms with Crippen LogP contribution < -0.4 is 10.6 Å². The molecule has 134 valence electrons. The van der Waals surface area contributed by atoms with Crippen LogP contribution in [0.15, 0.2) is 35.3 Å². The van der Waals surface area contributed by atoms with Crippen molar-refractivity contribution in [3.05, 3.63) is 35.9 Å². The molecule has 1 aromatic rings. The van der Waals surface area contributed by atoms with Crippen LogP contribution in [0.5, 0.6) is 0 Å². The molecule has 2 N–H and O–H groups in total. The maximum Gasteiger partial charge on any atom is 0.191 e. The summed E-state index contributed by atoms with van der Waals surface area (Å²) in [7, 11) is 1.84. The van der Waals surface area contributed by atoms with Crippen molar-refractivity contribution in [3.63, 3.8) is 0 Å². The normalized spacial score (nSPS) is 17.0. The van der Waals surface area contributed by atoms with Gasteiger partial charge in [0, 0.05) is 59.4 Å². The number of piperazine rings is 1. The SMILES string of the molecule is CCCCNC(=NC)NCCN1CCN(Cc2ccccc2)CC1. The second kappa shape index (κ2) is 11.0. The highest BCUT2D eigenvalue weighted by Gasteiger charge is 2.16. The lowest BCUT2D eigenvalue weighted by atomic mass is 10.2. The Hall–Kier alpha value is -1.59. The van der Waals surface area contributed by atoms with Crippen molar-refractivity contribution in [1.29, 1.82) is 0 Å². The number of nitrogens with zero attached hydrogens (tertiary/aromatic N) is 3. The number of benzene rings is 1. The van der Waals surface area contributed by atoms with Gasteiger partial charge in [-0.1, -0.05) is 43.7 Å². The van der Waals surface area contributed by atoms with Crippen molar-refractivity contribution >= 4 is 5.96 Å². The first kappa shape index (κ1) is 18.7. The standard InChI is InChI=1S/C19H33N5/c1-3-4-10-21-19(20-2)22-11-12-23-13-15-24(16-14-23)17-18-8-6-5-7-9-18/h5-9H,3-4,10-17H2,1-2H3,(H2,20,21,22). The minimum absolute atomic E-state index is 0.922. The molecule has 0 unspecified atom stereocenters. The summed E-state index contributed by atoms with van der Waals surface area (Å²) in [6.45, 7) is 10.9. The Balaban J connectivity index is 1.59. The van der Waals surface area contributed by atoms with E-state index >= 15 is 0 Å². The number of hydrogen-bond donors (Lipinski definition) is 2. The minimum Gasteiger partial charge on any atom is -0.356 e. The van der Waals surface area contributed by atoms with E-state index in [1.165, 1.54) is 18.4 Å². The zero-order chi connectivity index (χ0) is 17.0. The van der Waals surface area contributed by atoms with Crippen LogP contribution in [0.2, 0.25) is 0 Å². The summed E-state index contributed by atoms with van der Waals surface area (Å²) in [5.74, 6) is 0.922. The molecule has 0 aliphatic carbocycles. The molecule has 0 radical (unpaired) electrons. The molecule has 5 heteroatoms. The Bertz CT molecular complexity index is 466.